The topological polar surface area (TPSA) is 84.5 Å². The van der Waals surface area contributed by atoms with E-state index in [-0.39, 0.29) is 17.5 Å². The molecule has 1 saturated carbocycles. The van der Waals surface area contributed by atoms with Crippen molar-refractivity contribution in [2.75, 3.05) is 17.6 Å². The monoisotopic (exact) mass is 321 g/mol. The minimum absolute atomic E-state index is 0.0902. The van der Waals surface area contributed by atoms with Crippen LogP contribution >= 0.6 is 0 Å². The van der Waals surface area contributed by atoms with E-state index in [1.54, 1.807) is 0 Å². The molecular weight excluding hydrogens is 298 g/mol. The maximum atomic E-state index is 11.8. The molecule has 0 saturated heterocycles. The first-order valence-electron chi connectivity index (χ1n) is 7.95. The SMILES string of the molecule is NC(=NCCS(=O)(=O)C1CC1)Nc1cccc2c1CCCC2. The Labute approximate surface area is 131 Å². The minimum Gasteiger partial charge on any atom is -0.370 e. The van der Waals surface area contributed by atoms with E-state index in [2.05, 4.69) is 16.4 Å². The van der Waals surface area contributed by atoms with Crippen molar-refractivity contribution in [3.8, 4) is 0 Å². The highest BCUT2D eigenvalue weighted by molar-refractivity contribution is 7.92. The highest BCUT2D eigenvalue weighted by atomic mass is 32.2. The Morgan fingerprint density at radius 1 is 1.27 bits per heavy atom. The maximum Gasteiger partial charge on any atom is 0.193 e. The fraction of sp³-hybridized carbons (Fsp3) is 0.562. The average molecular weight is 321 g/mol. The molecule has 2 aliphatic carbocycles. The van der Waals surface area contributed by atoms with E-state index in [0.29, 0.717) is 5.96 Å². The zero-order chi connectivity index (χ0) is 15.6. The fourth-order valence-electron chi connectivity index (χ4n) is 2.96. The Morgan fingerprint density at radius 2 is 2.05 bits per heavy atom. The number of nitrogens with one attached hydrogen (secondary N) is 1. The van der Waals surface area contributed by atoms with Crippen molar-refractivity contribution in [3.05, 3.63) is 29.3 Å². The van der Waals surface area contributed by atoms with Crippen LogP contribution in [-0.2, 0) is 22.7 Å². The van der Waals surface area contributed by atoms with Crippen molar-refractivity contribution in [3.63, 3.8) is 0 Å². The highest BCUT2D eigenvalue weighted by Crippen LogP contribution is 2.29. The molecular formula is C16H23N3O2S. The van der Waals surface area contributed by atoms with E-state index in [1.807, 2.05) is 12.1 Å². The second-order valence-electron chi connectivity index (χ2n) is 6.11. The van der Waals surface area contributed by atoms with Crippen LogP contribution in [0.1, 0.15) is 36.8 Å². The van der Waals surface area contributed by atoms with Crippen LogP contribution in [0, 0.1) is 0 Å². The number of aryl methyl sites for hydroxylation is 1. The van der Waals surface area contributed by atoms with E-state index < -0.39 is 9.84 Å². The summed E-state index contributed by atoms with van der Waals surface area (Å²) in [6, 6.07) is 6.19. The van der Waals surface area contributed by atoms with Gasteiger partial charge in [-0.05, 0) is 55.7 Å². The summed E-state index contributed by atoms with van der Waals surface area (Å²) in [6.07, 6.45) is 6.21. The Hall–Kier alpha value is -1.56. The molecule has 120 valence electrons. The molecule has 3 N–H and O–H groups in total. The molecule has 0 aliphatic heterocycles. The van der Waals surface area contributed by atoms with Gasteiger partial charge in [-0.25, -0.2) is 8.42 Å². The fourth-order valence-corrected chi connectivity index (χ4v) is 4.50. The second-order valence-corrected chi connectivity index (χ2v) is 8.51. The predicted molar refractivity (Wildman–Crippen MR) is 90.0 cm³/mol. The molecule has 22 heavy (non-hydrogen) atoms. The summed E-state index contributed by atoms with van der Waals surface area (Å²) in [7, 11) is -2.96. The molecule has 1 fully saturated rings. The van der Waals surface area contributed by atoms with Crippen LogP contribution < -0.4 is 11.1 Å². The number of benzene rings is 1. The van der Waals surface area contributed by atoms with Crippen molar-refractivity contribution in [1.82, 2.24) is 0 Å². The lowest BCUT2D eigenvalue weighted by atomic mass is 9.90. The molecule has 0 radical (unpaired) electrons. The van der Waals surface area contributed by atoms with Gasteiger partial charge < -0.3 is 11.1 Å². The molecule has 1 aromatic rings. The molecule has 6 heteroatoms. The number of nitrogens with two attached hydrogens (primary N) is 1. The van der Waals surface area contributed by atoms with E-state index in [4.69, 9.17) is 5.73 Å². The normalized spacial score (nSPS) is 18.8. The van der Waals surface area contributed by atoms with E-state index in [1.165, 1.54) is 24.0 Å². The molecule has 0 aromatic heterocycles. The molecule has 1 aromatic carbocycles. The molecule has 0 atom stereocenters. The summed E-state index contributed by atoms with van der Waals surface area (Å²) in [5, 5.41) is 3.01. The Bertz CT molecular complexity index is 679. The number of nitrogens with zero attached hydrogens (tertiary/aromatic N) is 1. The van der Waals surface area contributed by atoms with Crippen molar-refractivity contribution < 1.29 is 8.42 Å². The van der Waals surface area contributed by atoms with Crippen LogP contribution in [0.25, 0.3) is 0 Å². The van der Waals surface area contributed by atoms with E-state index in [0.717, 1.165) is 31.4 Å². The van der Waals surface area contributed by atoms with Gasteiger partial charge in [-0.3, -0.25) is 4.99 Å². The standard InChI is InChI=1S/C16H23N3O2S/c17-16(18-10-11-22(20,21)13-8-9-13)19-15-7-3-5-12-4-1-2-6-14(12)15/h3,5,7,13H,1-2,4,6,8-11H2,(H3,17,18,19). The van der Waals surface area contributed by atoms with Gasteiger partial charge in [-0.2, -0.15) is 0 Å². The van der Waals surface area contributed by atoms with Gasteiger partial charge >= 0.3 is 0 Å². The Kier molecular flexibility index (Phi) is 4.38. The van der Waals surface area contributed by atoms with Gasteiger partial charge in [0.2, 0.25) is 0 Å². The molecule has 2 aliphatic rings. The number of guanidine groups is 1. The zero-order valence-corrected chi connectivity index (χ0v) is 13.5. The van der Waals surface area contributed by atoms with Gasteiger partial charge in [0.15, 0.2) is 15.8 Å². The number of hydrogen-bond acceptors (Lipinski definition) is 3. The molecule has 0 unspecified atom stereocenters. The van der Waals surface area contributed by atoms with Crippen LogP contribution in [0.5, 0.6) is 0 Å². The third-order valence-corrected chi connectivity index (χ3v) is 6.59. The number of aliphatic imine (C=N–C) groups is 1. The van der Waals surface area contributed by atoms with Gasteiger partial charge in [-0.15, -0.1) is 0 Å². The van der Waals surface area contributed by atoms with Crippen LogP contribution in [0.3, 0.4) is 0 Å². The molecule has 0 heterocycles. The van der Waals surface area contributed by atoms with E-state index >= 15 is 0 Å². The van der Waals surface area contributed by atoms with Crippen molar-refractivity contribution in [1.29, 1.82) is 0 Å². The summed E-state index contributed by atoms with van der Waals surface area (Å²) >= 11 is 0. The number of rotatable bonds is 5. The minimum atomic E-state index is -2.96. The second kappa shape index (κ2) is 6.28. The lowest BCUT2D eigenvalue weighted by Crippen LogP contribution is -2.25. The summed E-state index contributed by atoms with van der Waals surface area (Å²) in [4.78, 5) is 4.17. The predicted octanol–water partition coefficient (Wildman–Crippen LogP) is 1.87. The average Bonchev–Trinajstić information content (AvgIpc) is 3.32. The number of sulfone groups is 1. The molecule has 0 bridgehead atoms. The Balaban J connectivity index is 1.61. The van der Waals surface area contributed by atoms with Crippen LogP contribution in [-0.4, -0.2) is 31.9 Å². The summed E-state index contributed by atoms with van der Waals surface area (Å²) in [5.74, 6) is 0.386. The van der Waals surface area contributed by atoms with Gasteiger partial charge in [0.25, 0.3) is 0 Å². The number of hydrogen-bond donors (Lipinski definition) is 2. The third-order valence-electron chi connectivity index (χ3n) is 4.35. The smallest absolute Gasteiger partial charge is 0.193 e. The summed E-state index contributed by atoms with van der Waals surface area (Å²) < 4.78 is 23.6. The first-order chi connectivity index (χ1) is 10.6. The zero-order valence-electron chi connectivity index (χ0n) is 12.7. The van der Waals surface area contributed by atoms with Gasteiger partial charge in [0.1, 0.15) is 0 Å². The first-order valence-corrected chi connectivity index (χ1v) is 9.67. The van der Waals surface area contributed by atoms with Crippen LogP contribution in [0.15, 0.2) is 23.2 Å². The lowest BCUT2D eigenvalue weighted by Gasteiger charge is -2.19. The van der Waals surface area contributed by atoms with Crippen molar-refractivity contribution in [2.24, 2.45) is 10.7 Å². The number of fused-ring (bicyclic) bond motifs is 1. The third kappa shape index (κ3) is 3.61. The molecule has 3 rings (SSSR count). The van der Waals surface area contributed by atoms with E-state index in [9.17, 15) is 8.42 Å². The molecule has 0 amide bonds. The lowest BCUT2D eigenvalue weighted by molar-refractivity contribution is 0.594. The van der Waals surface area contributed by atoms with Crippen molar-refractivity contribution in [2.45, 2.75) is 43.8 Å². The largest absolute Gasteiger partial charge is 0.370 e. The van der Waals surface area contributed by atoms with Crippen molar-refractivity contribution >= 4 is 21.5 Å². The maximum absolute atomic E-state index is 11.8. The van der Waals surface area contributed by atoms with Crippen LogP contribution in [0.2, 0.25) is 0 Å². The summed E-state index contributed by atoms with van der Waals surface area (Å²) in [5.41, 5.74) is 9.60. The number of anilines is 1. The van der Waals surface area contributed by atoms with Crippen LogP contribution in [0.4, 0.5) is 5.69 Å². The summed E-state index contributed by atoms with van der Waals surface area (Å²) in [6.45, 7) is 0.229. The van der Waals surface area contributed by atoms with Gasteiger partial charge in [0.05, 0.1) is 17.5 Å². The first kappa shape index (κ1) is 15.3. The molecule has 0 spiro atoms. The highest BCUT2D eigenvalue weighted by Gasteiger charge is 2.34. The quantitative estimate of drug-likeness (QED) is 0.640. The Morgan fingerprint density at radius 3 is 2.82 bits per heavy atom. The van der Waals surface area contributed by atoms with Gasteiger partial charge in [-0.1, -0.05) is 12.1 Å². The molecule has 5 nitrogen and oxygen atoms in total. The van der Waals surface area contributed by atoms with Gasteiger partial charge in [0, 0.05) is 5.69 Å².